The number of rotatable bonds is 5. The lowest BCUT2D eigenvalue weighted by molar-refractivity contribution is 0.0675. The van der Waals surface area contributed by atoms with Crippen LogP contribution in [0.25, 0.3) is 0 Å². The number of likely N-dealkylation sites (N-methyl/N-ethyl adjacent to an activating group) is 2. The number of carbonyl (C=O) groups is 1. The van der Waals surface area contributed by atoms with E-state index in [2.05, 4.69) is 0 Å². The molecule has 0 saturated carbocycles. The van der Waals surface area contributed by atoms with Crippen LogP contribution in [0, 0.1) is 0 Å². The Hall–Kier alpha value is -1.75. The highest BCUT2D eigenvalue weighted by Gasteiger charge is 2.23. The van der Waals surface area contributed by atoms with Crippen LogP contribution in [0.4, 0.5) is 0 Å². The van der Waals surface area contributed by atoms with Gasteiger partial charge < -0.3 is 20.0 Å². The first-order chi connectivity index (χ1) is 8.88. The van der Waals surface area contributed by atoms with E-state index >= 15 is 0 Å². The van der Waals surface area contributed by atoms with E-state index in [-0.39, 0.29) is 29.0 Å². The molecule has 0 spiro atoms. The molecular weight excluding hydrogens is 244 g/mol. The number of phenolic OH excluding ortho intramolecular Hbond substituents is 2. The Morgan fingerprint density at radius 2 is 1.95 bits per heavy atom. The molecule has 0 aliphatic heterocycles. The van der Waals surface area contributed by atoms with Crippen LogP contribution < -0.4 is 0 Å². The minimum atomic E-state index is -0.358. The number of benzene rings is 1. The summed E-state index contributed by atoms with van der Waals surface area (Å²) in [6.07, 6.45) is 0. The lowest BCUT2D eigenvalue weighted by Crippen LogP contribution is -2.43. The van der Waals surface area contributed by atoms with Gasteiger partial charge >= 0.3 is 0 Å². The molecule has 19 heavy (non-hydrogen) atoms. The molecule has 0 aromatic heterocycles. The van der Waals surface area contributed by atoms with Crippen molar-refractivity contribution in [3.63, 3.8) is 0 Å². The van der Waals surface area contributed by atoms with E-state index in [1.54, 1.807) is 11.0 Å². The summed E-state index contributed by atoms with van der Waals surface area (Å²) < 4.78 is 0. The highest BCUT2D eigenvalue weighted by molar-refractivity contribution is 5.97. The van der Waals surface area contributed by atoms with Gasteiger partial charge in [0.25, 0.3) is 5.91 Å². The second-order valence-corrected chi connectivity index (χ2v) is 4.88. The van der Waals surface area contributed by atoms with Gasteiger partial charge in [0.2, 0.25) is 0 Å². The Morgan fingerprint density at radius 3 is 2.47 bits per heavy atom. The third-order valence-electron chi connectivity index (χ3n) is 3.01. The summed E-state index contributed by atoms with van der Waals surface area (Å²) in [7, 11) is 3.89. The number of phenols is 2. The minimum absolute atomic E-state index is 0.0225. The molecule has 0 aliphatic carbocycles. The van der Waals surface area contributed by atoms with Crippen LogP contribution in [0.3, 0.4) is 0 Å². The largest absolute Gasteiger partial charge is 0.504 e. The predicted octanol–water partition coefficient (Wildman–Crippen LogP) is 1.51. The number of amides is 1. The normalized spacial score (nSPS) is 12.5. The molecule has 106 valence electrons. The molecule has 1 aromatic carbocycles. The van der Waals surface area contributed by atoms with Crippen LogP contribution in [0.15, 0.2) is 18.2 Å². The molecular formula is C14H22N2O3. The van der Waals surface area contributed by atoms with E-state index in [0.29, 0.717) is 6.54 Å². The maximum Gasteiger partial charge on any atom is 0.258 e. The SMILES string of the molecule is CCN(C(=O)c1cccc(O)c1O)C(C)CN(C)C. The van der Waals surface area contributed by atoms with Gasteiger partial charge in [-0.3, -0.25) is 4.79 Å². The van der Waals surface area contributed by atoms with Crippen molar-refractivity contribution in [3.05, 3.63) is 23.8 Å². The van der Waals surface area contributed by atoms with Gasteiger partial charge in [0.05, 0.1) is 5.56 Å². The number of para-hydroxylation sites is 1. The Balaban J connectivity index is 2.98. The van der Waals surface area contributed by atoms with Gasteiger partial charge in [0.1, 0.15) is 0 Å². The molecule has 1 unspecified atom stereocenters. The molecule has 5 nitrogen and oxygen atoms in total. The van der Waals surface area contributed by atoms with E-state index in [0.717, 1.165) is 6.54 Å². The van der Waals surface area contributed by atoms with Crippen molar-refractivity contribution in [2.75, 3.05) is 27.2 Å². The molecule has 0 fully saturated rings. The van der Waals surface area contributed by atoms with E-state index in [1.807, 2.05) is 32.8 Å². The van der Waals surface area contributed by atoms with Gasteiger partial charge in [0, 0.05) is 19.1 Å². The van der Waals surface area contributed by atoms with Gasteiger partial charge in [-0.2, -0.15) is 0 Å². The monoisotopic (exact) mass is 266 g/mol. The predicted molar refractivity (Wildman–Crippen MR) is 74.5 cm³/mol. The Kier molecular flexibility index (Phi) is 5.18. The average molecular weight is 266 g/mol. The van der Waals surface area contributed by atoms with Gasteiger partial charge in [-0.25, -0.2) is 0 Å². The van der Waals surface area contributed by atoms with Gasteiger partial charge in [-0.1, -0.05) is 6.07 Å². The zero-order chi connectivity index (χ0) is 14.6. The van der Waals surface area contributed by atoms with E-state index in [4.69, 9.17) is 0 Å². The summed E-state index contributed by atoms with van der Waals surface area (Å²) in [4.78, 5) is 16.1. The molecule has 0 heterocycles. The summed E-state index contributed by atoms with van der Waals surface area (Å²) in [5.41, 5.74) is 0.132. The number of hydrogen-bond acceptors (Lipinski definition) is 4. The molecule has 0 aliphatic rings. The molecule has 0 bridgehead atoms. The smallest absolute Gasteiger partial charge is 0.258 e. The maximum atomic E-state index is 12.4. The number of carbonyl (C=O) groups excluding carboxylic acids is 1. The molecule has 5 heteroatoms. The molecule has 0 radical (unpaired) electrons. The Labute approximate surface area is 114 Å². The second-order valence-electron chi connectivity index (χ2n) is 4.88. The first-order valence-electron chi connectivity index (χ1n) is 6.35. The molecule has 1 aromatic rings. The van der Waals surface area contributed by atoms with Crippen molar-refractivity contribution in [1.29, 1.82) is 0 Å². The van der Waals surface area contributed by atoms with Crippen LogP contribution in [-0.2, 0) is 0 Å². The maximum absolute atomic E-state index is 12.4. The third-order valence-corrected chi connectivity index (χ3v) is 3.01. The third kappa shape index (κ3) is 3.61. The quantitative estimate of drug-likeness (QED) is 0.793. The number of nitrogens with zero attached hydrogens (tertiary/aromatic N) is 2. The van der Waals surface area contributed by atoms with E-state index < -0.39 is 0 Å². The fourth-order valence-corrected chi connectivity index (χ4v) is 2.14. The fraction of sp³-hybridized carbons (Fsp3) is 0.500. The van der Waals surface area contributed by atoms with E-state index in [9.17, 15) is 15.0 Å². The second kappa shape index (κ2) is 6.43. The Morgan fingerprint density at radius 1 is 1.32 bits per heavy atom. The van der Waals surface area contributed by atoms with Crippen molar-refractivity contribution in [1.82, 2.24) is 9.80 Å². The number of aromatic hydroxyl groups is 2. The van der Waals surface area contributed by atoms with Crippen LogP contribution in [0.5, 0.6) is 11.5 Å². The average Bonchev–Trinajstić information content (AvgIpc) is 2.32. The molecule has 0 saturated heterocycles. The summed E-state index contributed by atoms with van der Waals surface area (Å²) in [5.74, 6) is -0.907. The van der Waals surface area contributed by atoms with Gasteiger partial charge in [0.15, 0.2) is 11.5 Å². The fourth-order valence-electron chi connectivity index (χ4n) is 2.14. The first-order valence-corrected chi connectivity index (χ1v) is 6.35. The summed E-state index contributed by atoms with van der Waals surface area (Å²) in [6.45, 7) is 5.13. The van der Waals surface area contributed by atoms with Crippen LogP contribution in [0.1, 0.15) is 24.2 Å². The van der Waals surface area contributed by atoms with Crippen molar-refractivity contribution in [2.24, 2.45) is 0 Å². The molecule has 1 rings (SSSR count). The minimum Gasteiger partial charge on any atom is -0.504 e. The van der Waals surface area contributed by atoms with Crippen LogP contribution in [-0.4, -0.2) is 59.1 Å². The van der Waals surface area contributed by atoms with Gasteiger partial charge in [-0.15, -0.1) is 0 Å². The standard InChI is InChI=1S/C14H22N2O3/c1-5-16(10(2)9-15(3)4)14(19)11-7-6-8-12(17)13(11)18/h6-8,10,17-18H,5,9H2,1-4H3. The van der Waals surface area contributed by atoms with Crippen molar-refractivity contribution < 1.29 is 15.0 Å². The van der Waals surface area contributed by atoms with E-state index in [1.165, 1.54) is 12.1 Å². The summed E-state index contributed by atoms with van der Waals surface area (Å²) >= 11 is 0. The zero-order valence-corrected chi connectivity index (χ0v) is 11.9. The lowest BCUT2D eigenvalue weighted by Gasteiger charge is -2.30. The topological polar surface area (TPSA) is 64.0 Å². The molecule has 1 amide bonds. The highest BCUT2D eigenvalue weighted by atomic mass is 16.3. The lowest BCUT2D eigenvalue weighted by atomic mass is 10.1. The summed E-state index contributed by atoms with van der Waals surface area (Å²) in [6, 6.07) is 4.44. The zero-order valence-electron chi connectivity index (χ0n) is 11.9. The van der Waals surface area contributed by atoms with Crippen molar-refractivity contribution >= 4 is 5.91 Å². The highest BCUT2D eigenvalue weighted by Crippen LogP contribution is 2.29. The van der Waals surface area contributed by atoms with Crippen molar-refractivity contribution in [3.8, 4) is 11.5 Å². The number of hydrogen-bond donors (Lipinski definition) is 2. The van der Waals surface area contributed by atoms with Gasteiger partial charge in [-0.05, 0) is 40.1 Å². The Bertz CT molecular complexity index is 446. The van der Waals surface area contributed by atoms with Crippen molar-refractivity contribution in [2.45, 2.75) is 19.9 Å². The van der Waals surface area contributed by atoms with Crippen LogP contribution >= 0.6 is 0 Å². The summed E-state index contributed by atoms with van der Waals surface area (Å²) in [5, 5.41) is 19.2. The van der Waals surface area contributed by atoms with Crippen LogP contribution in [0.2, 0.25) is 0 Å². The molecule has 1 atom stereocenters. The molecule has 2 N–H and O–H groups in total. The first kappa shape index (κ1) is 15.3.